The lowest BCUT2D eigenvalue weighted by Gasteiger charge is -2.19. The smallest absolute Gasteiger partial charge is 0.162 e. The minimum absolute atomic E-state index is 0.0206. The molecule has 0 radical (unpaired) electrons. The fourth-order valence-electron chi connectivity index (χ4n) is 4.36. The van der Waals surface area contributed by atoms with E-state index in [9.17, 15) is 0 Å². The van der Waals surface area contributed by atoms with E-state index in [1.54, 1.807) is 14.2 Å². The Morgan fingerprint density at radius 1 is 0.730 bits per heavy atom. The topological polar surface area (TPSA) is 65.5 Å². The number of aryl methyl sites for hydroxylation is 1. The van der Waals surface area contributed by atoms with Gasteiger partial charge in [-0.15, -0.1) is 0 Å². The number of anilines is 1. The van der Waals surface area contributed by atoms with Crippen LogP contribution >= 0.6 is 0 Å². The van der Waals surface area contributed by atoms with E-state index in [1.807, 2.05) is 67.6 Å². The molecule has 0 saturated carbocycles. The molecule has 0 amide bonds. The SMILES string of the molecule is COc1cc2nc(C)nc(NC(C)c3cccc(-c4ccccc4Oc4ccccc4)c3)c2cc1OC. The highest BCUT2D eigenvalue weighted by atomic mass is 16.5. The van der Waals surface area contributed by atoms with Crippen molar-refractivity contribution in [1.29, 1.82) is 0 Å². The van der Waals surface area contributed by atoms with Gasteiger partial charge < -0.3 is 19.5 Å². The summed E-state index contributed by atoms with van der Waals surface area (Å²) in [6.07, 6.45) is 0. The van der Waals surface area contributed by atoms with E-state index in [2.05, 4.69) is 47.6 Å². The molecule has 0 fully saturated rings. The number of benzene rings is 4. The van der Waals surface area contributed by atoms with Crippen LogP contribution in [0, 0.1) is 6.92 Å². The van der Waals surface area contributed by atoms with E-state index in [1.165, 1.54) is 0 Å². The van der Waals surface area contributed by atoms with Crippen molar-refractivity contribution in [3.8, 4) is 34.1 Å². The lowest BCUT2D eigenvalue weighted by Crippen LogP contribution is -2.10. The second-order valence-electron chi connectivity index (χ2n) is 8.75. The number of nitrogens with zero attached hydrogens (tertiary/aromatic N) is 2. The number of hydrogen-bond donors (Lipinski definition) is 1. The first-order valence-corrected chi connectivity index (χ1v) is 12.1. The Bertz CT molecular complexity index is 1540. The summed E-state index contributed by atoms with van der Waals surface area (Å²) >= 11 is 0. The van der Waals surface area contributed by atoms with Crippen molar-refractivity contribution in [3.63, 3.8) is 0 Å². The summed E-state index contributed by atoms with van der Waals surface area (Å²) in [4.78, 5) is 9.30. The van der Waals surface area contributed by atoms with Crippen molar-refractivity contribution in [2.45, 2.75) is 19.9 Å². The Morgan fingerprint density at radius 3 is 2.24 bits per heavy atom. The van der Waals surface area contributed by atoms with Crippen molar-refractivity contribution < 1.29 is 14.2 Å². The molecule has 186 valence electrons. The number of methoxy groups -OCH3 is 2. The van der Waals surface area contributed by atoms with Gasteiger partial charge in [0.1, 0.15) is 23.1 Å². The number of aromatic nitrogens is 2. The van der Waals surface area contributed by atoms with Gasteiger partial charge in [0.25, 0.3) is 0 Å². The average molecular weight is 492 g/mol. The Labute approximate surface area is 216 Å². The lowest BCUT2D eigenvalue weighted by molar-refractivity contribution is 0.356. The van der Waals surface area contributed by atoms with Gasteiger partial charge in [0, 0.05) is 23.1 Å². The fraction of sp³-hybridized carbons (Fsp3) is 0.161. The monoisotopic (exact) mass is 491 g/mol. The second-order valence-corrected chi connectivity index (χ2v) is 8.75. The molecule has 0 bridgehead atoms. The molecule has 1 heterocycles. The summed E-state index contributed by atoms with van der Waals surface area (Å²) in [6.45, 7) is 4.01. The van der Waals surface area contributed by atoms with Crippen LogP contribution in [-0.4, -0.2) is 24.2 Å². The number of para-hydroxylation sites is 2. The van der Waals surface area contributed by atoms with Crippen LogP contribution in [-0.2, 0) is 0 Å². The summed E-state index contributed by atoms with van der Waals surface area (Å²) in [5.74, 6) is 4.31. The van der Waals surface area contributed by atoms with Crippen molar-refractivity contribution in [2.75, 3.05) is 19.5 Å². The predicted molar refractivity (Wildman–Crippen MR) is 148 cm³/mol. The summed E-state index contributed by atoms with van der Waals surface area (Å²) < 4.78 is 17.2. The van der Waals surface area contributed by atoms with Gasteiger partial charge in [0.2, 0.25) is 0 Å². The van der Waals surface area contributed by atoms with Crippen LogP contribution in [0.3, 0.4) is 0 Å². The largest absolute Gasteiger partial charge is 0.493 e. The van der Waals surface area contributed by atoms with Crippen molar-refractivity contribution in [2.24, 2.45) is 0 Å². The third-order valence-electron chi connectivity index (χ3n) is 6.22. The van der Waals surface area contributed by atoms with E-state index in [0.29, 0.717) is 17.3 Å². The van der Waals surface area contributed by atoms with Crippen LogP contribution in [0.1, 0.15) is 24.4 Å². The van der Waals surface area contributed by atoms with Gasteiger partial charge in [0.05, 0.1) is 19.7 Å². The highest BCUT2D eigenvalue weighted by molar-refractivity contribution is 5.92. The summed E-state index contributed by atoms with van der Waals surface area (Å²) in [7, 11) is 3.24. The van der Waals surface area contributed by atoms with E-state index in [-0.39, 0.29) is 6.04 Å². The van der Waals surface area contributed by atoms with Gasteiger partial charge in [0.15, 0.2) is 11.5 Å². The number of ether oxygens (including phenoxy) is 3. The molecule has 1 unspecified atom stereocenters. The van der Waals surface area contributed by atoms with Crippen LogP contribution in [0.25, 0.3) is 22.0 Å². The standard InChI is InChI=1S/C31H29N3O3/c1-20(32-31-26-18-29(35-3)30(36-4)19-27(26)33-21(2)34-31)22-11-10-12-23(17-22)25-15-8-9-16-28(25)37-24-13-6-5-7-14-24/h5-20H,1-4H3,(H,32,33,34). The molecule has 1 N–H and O–H groups in total. The predicted octanol–water partition coefficient (Wildman–Crippen LogP) is 7.59. The minimum Gasteiger partial charge on any atom is -0.493 e. The van der Waals surface area contributed by atoms with Gasteiger partial charge >= 0.3 is 0 Å². The molecule has 4 aromatic carbocycles. The van der Waals surface area contributed by atoms with Gasteiger partial charge in [-0.05, 0) is 55.3 Å². The third kappa shape index (κ3) is 5.19. The van der Waals surface area contributed by atoms with E-state index in [0.717, 1.165) is 44.9 Å². The van der Waals surface area contributed by atoms with Crippen LogP contribution < -0.4 is 19.5 Å². The first-order chi connectivity index (χ1) is 18.1. The molecular weight excluding hydrogens is 462 g/mol. The highest BCUT2D eigenvalue weighted by Gasteiger charge is 2.16. The maximum Gasteiger partial charge on any atom is 0.162 e. The molecule has 1 aromatic heterocycles. The zero-order valence-electron chi connectivity index (χ0n) is 21.4. The molecular formula is C31H29N3O3. The Balaban J connectivity index is 1.47. The number of rotatable bonds is 8. The summed E-state index contributed by atoms with van der Waals surface area (Å²) in [5.41, 5.74) is 4.02. The molecule has 0 aliphatic rings. The minimum atomic E-state index is -0.0206. The molecule has 37 heavy (non-hydrogen) atoms. The molecule has 0 aliphatic heterocycles. The average Bonchev–Trinajstić information content (AvgIpc) is 2.93. The lowest BCUT2D eigenvalue weighted by atomic mass is 9.99. The van der Waals surface area contributed by atoms with Crippen LogP contribution in [0.4, 0.5) is 5.82 Å². The molecule has 5 rings (SSSR count). The Morgan fingerprint density at radius 2 is 1.46 bits per heavy atom. The molecule has 0 saturated heterocycles. The Kier molecular flexibility index (Phi) is 6.90. The maximum absolute atomic E-state index is 6.21. The maximum atomic E-state index is 6.21. The highest BCUT2D eigenvalue weighted by Crippen LogP contribution is 2.37. The second kappa shape index (κ2) is 10.6. The third-order valence-corrected chi connectivity index (χ3v) is 6.22. The molecule has 5 aromatic rings. The molecule has 6 nitrogen and oxygen atoms in total. The van der Waals surface area contributed by atoms with Crippen molar-refractivity contribution >= 4 is 16.7 Å². The first-order valence-electron chi connectivity index (χ1n) is 12.1. The normalized spacial score (nSPS) is 11.7. The molecule has 1 atom stereocenters. The van der Waals surface area contributed by atoms with Gasteiger partial charge in [-0.25, -0.2) is 9.97 Å². The Hall–Kier alpha value is -4.58. The van der Waals surface area contributed by atoms with Crippen LogP contribution in [0.15, 0.2) is 91.0 Å². The van der Waals surface area contributed by atoms with Crippen molar-refractivity contribution in [3.05, 3.63) is 102 Å². The summed E-state index contributed by atoms with van der Waals surface area (Å²) in [6, 6.07) is 30.2. The van der Waals surface area contributed by atoms with Crippen LogP contribution in [0.2, 0.25) is 0 Å². The van der Waals surface area contributed by atoms with Crippen LogP contribution in [0.5, 0.6) is 23.0 Å². The number of hydrogen-bond acceptors (Lipinski definition) is 6. The quantitative estimate of drug-likeness (QED) is 0.241. The van der Waals surface area contributed by atoms with E-state index < -0.39 is 0 Å². The number of fused-ring (bicyclic) bond motifs is 1. The van der Waals surface area contributed by atoms with E-state index >= 15 is 0 Å². The van der Waals surface area contributed by atoms with Gasteiger partial charge in [-0.2, -0.15) is 0 Å². The zero-order chi connectivity index (χ0) is 25.8. The van der Waals surface area contributed by atoms with Gasteiger partial charge in [-0.3, -0.25) is 0 Å². The molecule has 0 aliphatic carbocycles. The number of nitrogens with one attached hydrogen (secondary N) is 1. The fourth-order valence-corrected chi connectivity index (χ4v) is 4.36. The summed E-state index contributed by atoms with van der Waals surface area (Å²) in [5, 5.41) is 4.45. The van der Waals surface area contributed by atoms with E-state index in [4.69, 9.17) is 19.2 Å². The van der Waals surface area contributed by atoms with Crippen molar-refractivity contribution in [1.82, 2.24) is 9.97 Å². The first kappa shape index (κ1) is 24.1. The molecule has 0 spiro atoms. The zero-order valence-corrected chi connectivity index (χ0v) is 21.4. The van der Waals surface area contributed by atoms with Gasteiger partial charge in [-0.1, -0.05) is 54.6 Å². The molecule has 6 heteroatoms.